The molecule has 0 bridgehead atoms. The summed E-state index contributed by atoms with van der Waals surface area (Å²) in [5.41, 5.74) is 8.31. The number of anilines is 1. The zero-order valence-electron chi connectivity index (χ0n) is 10.1. The highest BCUT2D eigenvalue weighted by atomic mass is 35.5. The molecule has 17 heavy (non-hydrogen) atoms. The quantitative estimate of drug-likeness (QED) is 0.920. The van der Waals surface area contributed by atoms with Crippen LogP contribution in [0.4, 0.5) is 5.69 Å². The van der Waals surface area contributed by atoms with Gasteiger partial charge in [0.25, 0.3) is 0 Å². The van der Waals surface area contributed by atoms with Crippen molar-refractivity contribution in [1.29, 1.82) is 0 Å². The Hall–Kier alpha value is -0.440. The van der Waals surface area contributed by atoms with Gasteiger partial charge in [0, 0.05) is 18.8 Å². The van der Waals surface area contributed by atoms with Crippen LogP contribution in [0.1, 0.15) is 24.8 Å². The van der Waals surface area contributed by atoms with Gasteiger partial charge in [0.1, 0.15) is 0 Å². The third-order valence-corrected chi connectivity index (χ3v) is 3.06. The van der Waals surface area contributed by atoms with E-state index in [1.54, 1.807) is 0 Å². The Balaban J connectivity index is 0.00000128. The van der Waals surface area contributed by atoms with E-state index in [4.69, 9.17) is 5.73 Å². The summed E-state index contributed by atoms with van der Waals surface area (Å²) < 4.78 is 0. The molecular weight excluding hydrogens is 255 g/mol. The number of rotatable bonds is 3. The molecule has 1 fully saturated rings. The van der Waals surface area contributed by atoms with Gasteiger partial charge < -0.3 is 10.6 Å². The summed E-state index contributed by atoms with van der Waals surface area (Å²) in [6.45, 7) is 3.17. The maximum atomic E-state index is 5.58. The van der Waals surface area contributed by atoms with Crippen molar-refractivity contribution >= 4 is 30.5 Å². The number of halogens is 2. The molecule has 1 aliphatic rings. The van der Waals surface area contributed by atoms with Gasteiger partial charge in [-0.05, 0) is 49.9 Å². The van der Waals surface area contributed by atoms with Crippen molar-refractivity contribution in [2.75, 3.05) is 24.5 Å². The SMILES string of the molecule is Cl.Cl.NCCc1cccc(N2CCCCC2)c1. The summed E-state index contributed by atoms with van der Waals surface area (Å²) in [6.07, 6.45) is 5.04. The molecule has 0 aliphatic carbocycles. The zero-order chi connectivity index (χ0) is 10.5. The summed E-state index contributed by atoms with van der Waals surface area (Å²) in [5, 5.41) is 0. The van der Waals surface area contributed by atoms with Crippen LogP contribution in [-0.2, 0) is 6.42 Å². The first kappa shape index (κ1) is 16.6. The predicted octanol–water partition coefficient (Wildman–Crippen LogP) is 3.02. The lowest BCUT2D eigenvalue weighted by atomic mass is 10.1. The fraction of sp³-hybridized carbons (Fsp3) is 0.538. The molecule has 2 N–H and O–H groups in total. The van der Waals surface area contributed by atoms with Gasteiger partial charge >= 0.3 is 0 Å². The van der Waals surface area contributed by atoms with Crippen molar-refractivity contribution in [2.45, 2.75) is 25.7 Å². The molecule has 0 unspecified atom stereocenters. The van der Waals surface area contributed by atoms with Crippen molar-refractivity contribution in [3.05, 3.63) is 29.8 Å². The van der Waals surface area contributed by atoms with Crippen LogP contribution in [0, 0.1) is 0 Å². The fourth-order valence-electron chi connectivity index (χ4n) is 2.23. The first-order chi connectivity index (χ1) is 7.40. The third kappa shape index (κ3) is 4.74. The first-order valence-corrected chi connectivity index (χ1v) is 5.94. The van der Waals surface area contributed by atoms with E-state index in [0.717, 1.165) is 13.0 Å². The van der Waals surface area contributed by atoms with E-state index in [1.165, 1.54) is 43.6 Å². The topological polar surface area (TPSA) is 29.3 Å². The molecule has 0 amide bonds. The first-order valence-electron chi connectivity index (χ1n) is 5.94. The largest absolute Gasteiger partial charge is 0.372 e. The summed E-state index contributed by atoms with van der Waals surface area (Å²) in [7, 11) is 0. The lowest BCUT2D eigenvalue weighted by molar-refractivity contribution is 0.577. The van der Waals surface area contributed by atoms with E-state index in [0.29, 0.717) is 0 Å². The Labute approximate surface area is 116 Å². The van der Waals surface area contributed by atoms with Crippen molar-refractivity contribution in [3.8, 4) is 0 Å². The van der Waals surface area contributed by atoms with Crippen molar-refractivity contribution in [1.82, 2.24) is 0 Å². The van der Waals surface area contributed by atoms with E-state index in [9.17, 15) is 0 Å². The third-order valence-electron chi connectivity index (χ3n) is 3.06. The molecule has 2 rings (SSSR count). The van der Waals surface area contributed by atoms with Crippen LogP contribution in [0.15, 0.2) is 24.3 Å². The average Bonchev–Trinajstić information content (AvgIpc) is 2.31. The van der Waals surface area contributed by atoms with Gasteiger partial charge in [-0.1, -0.05) is 12.1 Å². The maximum Gasteiger partial charge on any atom is 0.0368 e. The highest BCUT2D eigenvalue weighted by molar-refractivity contribution is 5.85. The highest BCUT2D eigenvalue weighted by Crippen LogP contribution is 2.20. The van der Waals surface area contributed by atoms with E-state index in [-0.39, 0.29) is 24.8 Å². The zero-order valence-corrected chi connectivity index (χ0v) is 11.7. The smallest absolute Gasteiger partial charge is 0.0368 e. The number of hydrogen-bond acceptors (Lipinski definition) is 2. The standard InChI is InChI=1S/C13H20N2.2ClH/c14-8-7-12-5-4-6-13(11-12)15-9-2-1-3-10-15;;/h4-6,11H,1-3,7-10,14H2;2*1H. The molecule has 1 aromatic rings. The highest BCUT2D eigenvalue weighted by Gasteiger charge is 2.10. The number of piperidine rings is 1. The summed E-state index contributed by atoms with van der Waals surface area (Å²) in [4.78, 5) is 2.49. The molecule has 1 saturated heterocycles. The molecule has 0 atom stereocenters. The Kier molecular flexibility index (Phi) is 8.40. The number of nitrogens with two attached hydrogens (primary N) is 1. The Morgan fingerprint density at radius 2 is 1.76 bits per heavy atom. The van der Waals surface area contributed by atoms with E-state index >= 15 is 0 Å². The Bertz CT molecular complexity index is 312. The number of nitrogens with zero attached hydrogens (tertiary/aromatic N) is 1. The van der Waals surface area contributed by atoms with Crippen molar-refractivity contribution in [3.63, 3.8) is 0 Å². The number of hydrogen-bond donors (Lipinski definition) is 1. The van der Waals surface area contributed by atoms with Crippen LogP contribution in [0.2, 0.25) is 0 Å². The summed E-state index contributed by atoms with van der Waals surface area (Å²) in [6, 6.07) is 8.82. The number of benzene rings is 1. The van der Waals surface area contributed by atoms with Gasteiger partial charge in [0.05, 0.1) is 0 Å². The lowest BCUT2D eigenvalue weighted by Gasteiger charge is -2.29. The van der Waals surface area contributed by atoms with Gasteiger partial charge in [-0.2, -0.15) is 0 Å². The second-order valence-corrected chi connectivity index (χ2v) is 4.26. The minimum atomic E-state index is 0. The van der Waals surface area contributed by atoms with E-state index in [1.807, 2.05) is 0 Å². The molecule has 0 aromatic heterocycles. The second kappa shape index (κ2) is 8.62. The molecule has 1 heterocycles. The van der Waals surface area contributed by atoms with E-state index in [2.05, 4.69) is 29.2 Å². The second-order valence-electron chi connectivity index (χ2n) is 4.26. The van der Waals surface area contributed by atoms with Crippen LogP contribution in [0.3, 0.4) is 0 Å². The molecule has 0 radical (unpaired) electrons. The fourth-order valence-corrected chi connectivity index (χ4v) is 2.23. The predicted molar refractivity (Wildman–Crippen MR) is 79.8 cm³/mol. The summed E-state index contributed by atoms with van der Waals surface area (Å²) >= 11 is 0. The van der Waals surface area contributed by atoms with E-state index < -0.39 is 0 Å². The Morgan fingerprint density at radius 3 is 2.41 bits per heavy atom. The van der Waals surface area contributed by atoms with Crippen molar-refractivity contribution < 1.29 is 0 Å². The molecule has 1 aliphatic heterocycles. The average molecular weight is 277 g/mol. The minimum Gasteiger partial charge on any atom is -0.372 e. The molecule has 4 heteroatoms. The van der Waals surface area contributed by atoms with Crippen LogP contribution in [-0.4, -0.2) is 19.6 Å². The Morgan fingerprint density at radius 1 is 1.06 bits per heavy atom. The molecule has 0 saturated carbocycles. The molecular formula is C13H22Cl2N2. The molecule has 98 valence electrons. The van der Waals surface area contributed by atoms with Gasteiger partial charge in [0.15, 0.2) is 0 Å². The molecule has 2 nitrogen and oxygen atoms in total. The van der Waals surface area contributed by atoms with Crippen LogP contribution >= 0.6 is 24.8 Å². The molecule has 0 spiro atoms. The van der Waals surface area contributed by atoms with Crippen LogP contribution in [0.25, 0.3) is 0 Å². The monoisotopic (exact) mass is 276 g/mol. The summed E-state index contributed by atoms with van der Waals surface area (Å²) in [5.74, 6) is 0. The van der Waals surface area contributed by atoms with Gasteiger partial charge in [0.2, 0.25) is 0 Å². The molecule has 1 aromatic carbocycles. The van der Waals surface area contributed by atoms with Gasteiger partial charge in [-0.15, -0.1) is 24.8 Å². The lowest BCUT2D eigenvalue weighted by Crippen LogP contribution is -2.29. The van der Waals surface area contributed by atoms with Crippen LogP contribution < -0.4 is 10.6 Å². The van der Waals surface area contributed by atoms with Gasteiger partial charge in [-0.25, -0.2) is 0 Å². The minimum absolute atomic E-state index is 0. The van der Waals surface area contributed by atoms with Gasteiger partial charge in [-0.3, -0.25) is 0 Å². The van der Waals surface area contributed by atoms with Crippen molar-refractivity contribution in [2.24, 2.45) is 5.73 Å². The van der Waals surface area contributed by atoms with Crippen LogP contribution in [0.5, 0.6) is 0 Å². The normalized spacial score (nSPS) is 14.8. The maximum absolute atomic E-state index is 5.58.